The highest BCUT2D eigenvalue weighted by atomic mass is 14.9. The Kier molecular flexibility index (Phi) is 6.17. The van der Waals surface area contributed by atoms with Gasteiger partial charge in [0.25, 0.3) is 0 Å². The molecule has 1 unspecified atom stereocenters. The summed E-state index contributed by atoms with van der Waals surface area (Å²) in [5.41, 5.74) is 1.83. The summed E-state index contributed by atoms with van der Waals surface area (Å²) < 4.78 is 0. The fourth-order valence-corrected chi connectivity index (χ4v) is 1.87. The molecule has 0 saturated heterocycles. The molecule has 0 aliphatic carbocycles. The van der Waals surface area contributed by atoms with Crippen LogP contribution in [0.2, 0.25) is 0 Å². The predicted molar refractivity (Wildman–Crippen MR) is 73.0 cm³/mol. The maximum absolute atomic E-state index is 8.71. The van der Waals surface area contributed by atoms with E-state index in [2.05, 4.69) is 25.2 Å². The first-order valence-corrected chi connectivity index (χ1v) is 6.54. The zero-order valence-electron chi connectivity index (χ0n) is 10.9. The van der Waals surface area contributed by atoms with E-state index in [1.54, 1.807) is 0 Å². The van der Waals surface area contributed by atoms with E-state index in [1.807, 2.05) is 24.3 Å². The average Bonchev–Trinajstić information content (AvgIpc) is 2.39. The molecule has 1 atom stereocenters. The maximum atomic E-state index is 8.71. The van der Waals surface area contributed by atoms with Gasteiger partial charge in [0.15, 0.2) is 0 Å². The van der Waals surface area contributed by atoms with Crippen LogP contribution in [-0.4, -0.2) is 6.54 Å². The first kappa shape index (κ1) is 13.6. The number of rotatable bonds is 7. The molecule has 0 fully saturated rings. The Morgan fingerprint density at radius 2 is 1.94 bits per heavy atom. The molecule has 2 heteroatoms. The van der Waals surface area contributed by atoms with Crippen LogP contribution in [0.1, 0.15) is 45.1 Å². The van der Waals surface area contributed by atoms with Gasteiger partial charge in [0.05, 0.1) is 11.6 Å². The lowest BCUT2D eigenvalue weighted by Gasteiger charge is -2.16. The third-order valence-electron chi connectivity index (χ3n) is 3.15. The number of unbranched alkanes of at least 4 members (excludes halogenated alkanes) is 1. The van der Waals surface area contributed by atoms with Crippen LogP contribution in [0.4, 0.5) is 5.69 Å². The summed E-state index contributed by atoms with van der Waals surface area (Å²) in [5, 5.41) is 12.2. The molecule has 0 aliphatic heterocycles. The van der Waals surface area contributed by atoms with Crippen molar-refractivity contribution >= 4 is 5.69 Å². The van der Waals surface area contributed by atoms with E-state index in [9.17, 15) is 0 Å². The molecule has 0 aliphatic rings. The summed E-state index contributed by atoms with van der Waals surface area (Å²) >= 11 is 0. The van der Waals surface area contributed by atoms with Gasteiger partial charge in [0, 0.05) is 12.2 Å². The van der Waals surface area contributed by atoms with Gasteiger partial charge in [-0.3, -0.25) is 0 Å². The van der Waals surface area contributed by atoms with Crippen LogP contribution < -0.4 is 5.32 Å². The molecule has 17 heavy (non-hydrogen) atoms. The maximum Gasteiger partial charge on any atom is 0.0991 e. The summed E-state index contributed by atoms with van der Waals surface area (Å²) in [7, 11) is 0. The van der Waals surface area contributed by atoms with Gasteiger partial charge in [-0.2, -0.15) is 5.26 Å². The minimum absolute atomic E-state index is 0.716. The van der Waals surface area contributed by atoms with Gasteiger partial charge in [0.2, 0.25) is 0 Å². The van der Waals surface area contributed by atoms with Crippen LogP contribution in [0.5, 0.6) is 0 Å². The lowest BCUT2D eigenvalue weighted by molar-refractivity contribution is 0.473. The lowest BCUT2D eigenvalue weighted by atomic mass is 9.99. The number of benzene rings is 1. The zero-order chi connectivity index (χ0) is 12.5. The second-order valence-corrected chi connectivity index (χ2v) is 4.49. The van der Waals surface area contributed by atoms with Gasteiger partial charge in [-0.05, 0) is 36.6 Å². The van der Waals surface area contributed by atoms with Crippen LogP contribution in [0.25, 0.3) is 0 Å². The minimum atomic E-state index is 0.716. The highest BCUT2D eigenvalue weighted by molar-refractivity contribution is 5.47. The van der Waals surface area contributed by atoms with E-state index in [0.717, 1.165) is 18.2 Å². The summed E-state index contributed by atoms with van der Waals surface area (Å²) in [4.78, 5) is 0. The molecule has 0 heterocycles. The van der Waals surface area contributed by atoms with Gasteiger partial charge >= 0.3 is 0 Å². The van der Waals surface area contributed by atoms with Crippen molar-refractivity contribution in [3.8, 4) is 6.07 Å². The molecule has 0 aromatic heterocycles. The second-order valence-electron chi connectivity index (χ2n) is 4.49. The third kappa shape index (κ3) is 4.91. The molecular formula is C15H22N2. The van der Waals surface area contributed by atoms with Gasteiger partial charge in [-0.25, -0.2) is 0 Å². The Labute approximate surface area is 105 Å². The number of hydrogen-bond acceptors (Lipinski definition) is 2. The lowest BCUT2D eigenvalue weighted by Crippen LogP contribution is -2.13. The molecule has 1 N–H and O–H groups in total. The fourth-order valence-electron chi connectivity index (χ4n) is 1.87. The smallest absolute Gasteiger partial charge is 0.0991 e. The number of nitrogens with one attached hydrogen (secondary N) is 1. The van der Waals surface area contributed by atoms with Gasteiger partial charge in [-0.1, -0.05) is 33.1 Å². The molecule has 92 valence electrons. The Morgan fingerprint density at radius 1 is 1.24 bits per heavy atom. The molecule has 2 nitrogen and oxygen atoms in total. The van der Waals surface area contributed by atoms with Gasteiger partial charge < -0.3 is 5.32 Å². The number of nitrogens with zero attached hydrogens (tertiary/aromatic N) is 1. The Morgan fingerprint density at radius 3 is 2.47 bits per heavy atom. The summed E-state index contributed by atoms with van der Waals surface area (Å²) in [6.07, 6.45) is 5.11. The Hall–Kier alpha value is -1.49. The van der Waals surface area contributed by atoms with Crippen molar-refractivity contribution in [1.82, 2.24) is 0 Å². The molecule has 0 spiro atoms. The number of nitriles is 1. The molecule has 1 aromatic rings. The van der Waals surface area contributed by atoms with Gasteiger partial charge in [-0.15, -0.1) is 0 Å². The normalized spacial score (nSPS) is 11.8. The fraction of sp³-hybridized carbons (Fsp3) is 0.533. The Bertz CT molecular complexity index is 348. The van der Waals surface area contributed by atoms with Crippen LogP contribution in [0.3, 0.4) is 0 Å². The molecule has 0 radical (unpaired) electrons. The summed E-state index contributed by atoms with van der Waals surface area (Å²) in [6, 6.07) is 9.80. The van der Waals surface area contributed by atoms with Crippen molar-refractivity contribution in [2.75, 3.05) is 11.9 Å². The highest BCUT2D eigenvalue weighted by Gasteiger charge is 2.05. The largest absolute Gasteiger partial charge is 0.385 e. The zero-order valence-corrected chi connectivity index (χ0v) is 10.9. The first-order valence-electron chi connectivity index (χ1n) is 6.54. The van der Waals surface area contributed by atoms with E-state index in [4.69, 9.17) is 5.26 Å². The molecular weight excluding hydrogens is 208 g/mol. The van der Waals surface area contributed by atoms with Crippen molar-refractivity contribution in [3.63, 3.8) is 0 Å². The minimum Gasteiger partial charge on any atom is -0.385 e. The highest BCUT2D eigenvalue weighted by Crippen LogP contribution is 2.15. The number of hydrogen-bond donors (Lipinski definition) is 1. The van der Waals surface area contributed by atoms with Gasteiger partial charge in [0.1, 0.15) is 0 Å². The van der Waals surface area contributed by atoms with Crippen molar-refractivity contribution in [2.45, 2.75) is 39.5 Å². The van der Waals surface area contributed by atoms with E-state index < -0.39 is 0 Å². The van der Waals surface area contributed by atoms with E-state index in [1.165, 1.54) is 25.7 Å². The molecule has 0 bridgehead atoms. The quantitative estimate of drug-likeness (QED) is 0.762. The standard InChI is InChI=1S/C15H22N2/c1-3-5-6-13(4-2)12-17-15-9-7-14(11-16)8-10-15/h7-10,13,17H,3-6,12H2,1-2H3. The molecule has 1 rings (SSSR count). The van der Waals surface area contributed by atoms with Crippen molar-refractivity contribution in [3.05, 3.63) is 29.8 Å². The Balaban J connectivity index is 2.40. The van der Waals surface area contributed by atoms with Crippen LogP contribution >= 0.6 is 0 Å². The summed E-state index contributed by atoms with van der Waals surface area (Å²) in [6.45, 7) is 5.52. The molecule has 1 aromatic carbocycles. The van der Waals surface area contributed by atoms with Crippen LogP contribution in [0.15, 0.2) is 24.3 Å². The van der Waals surface area contributed by atoms with Crippen molar-refractivity contribution < 1.29 is 0 Å². The average molecular weight is 230 g/mol. The number of anilines is 1. The van der Waals surface area contributed by atoms with E-state index >= 15 is 0 Å². The topological polar surface area (TPSA) is 35.8 Å². The SMILES string of the molecule is CCCCC(CC)CNc1ccc(C#N)cc1. The molecule has 0 amide bonds. The summed E-state index contributed by atoms with van der Waals surface area (Å²) in [5.74, 6) is 0.755. The first-order chi connectivity index (χ1) is 8.30. The monoisotopic (exact) mass is 230 g/mol. The van der Waals surface area contributed by atoms with E-state index in [-0.39, 0.29) is 0 Å². The van der Waals surface area contributed by atoms with E-state index in [0.29, 0.717) is 5.56 Å². The van der Waals surface area contributed by atoms with Crippen molar-refractivity contribution in [2.24, 2.45) is 5.92 Å². The van der Waals surface area contributed by atoms with Crippen LogP contribution in [0, 0.1) is 17.2 Å². The third-order valence-corrected chi connectivity index (χ3v) is 3.15. The van der Waals surface area contributed by atoms with Crippen LogP contribution in [-0.2, 0) is 0 Å². The van der Waals surface area contributed by atoms with Crippen molar-refractivity contribution in [1.29, 1.82) is 5.26 Å². The second kappa shape index (κ2) is 7.73. The predicted octanol–water partition coefficient (Wildman–Crippen LogP) is 4.19. The molecule has 0 saturated carbocycles.